The van der Waals surface area contributed by atoms with E-state index in [1.807, 2.05) is 13.8 Å². The molecular weight excluding hydrogens is 124 g/mol. The van der Waals surface area contributed by atoms with E-state index in [0.29, 0.717) is 0 Å². The van der Waals surface area contributed by atoms with E-state index in [0.717, 1.165) is 25.9 Å². The highest BCUT2D eigenvalue weighted by molar-refractivity contribution is 4.83. The average molecular weight is 144 g/mol. The maximum Gasteiger partial charge on any atom is 0.0150 e. The third-order valence-electron chi connectivity index (χ3n) is 1.75. The summed E-state index contributed by atoms with van der Waals surface area (Å²) in [5.41, 5.74) is 5.95. The van der Waals surface area contributed by atoms with Gasteiger partial charge in [0.2, 0.25) is 0 Å². The molecule has 0 bridgehead atoms. The third kappa shape index (κ3) is 3.85. The molecule has 1 saturated heterocycles. The minimum Gasteiger partial charge on any atom is -0.325 e. The molecule has 1 fully saturated rings. The molecule has 2 heteroatoms. The molecule has 1 heterocycles. The number of hydrogen-bond donors (Lipinski definition) is 2. The fourth-order valence-electron chi connectivity index (χ4n) is 0.998. The quantitative estimate of drug-likeness (QED) is 0.534. The number of nitrogens with two attached hydrogens (primary N) is 1. The zero-order valence-corrected chi connectivity index (χ0v) is 7.41. The van der Waals surface area contributed by atoms with Crippen molar-refractivity contribution in [2.24, 2.45) is 5.73 Å². The number of rotatable bonds is 0. The van der Waals surface area contributed by atoms with Crippen LogP contribution in [0.15, 0.2) is 0 Å². The van der Waals surface area contributed by atoms with Gasteiger partial charge in [-0.3, -0.25) is 0 Å². The highest BCUT2D eigenvalue weighted by Gasteiger charge is 2.20. The standard InChI is InChI=1S/C6H14N2.C2H6/c1-6(7)2-4-8-5-3-6;1-2/h8H,2-5,7H2,1H3;1-2H3. The lowest BCUT2D eigenvalue weighted by Gasteiger charge is -2.29. The Hall–Kier alpha value is -0.0800. The van der Waals surface area contributed by atoms with Crippen LogP contribution in [0.2, 0.25) is 0 Å². The zero-order valence-electron chi connectivity index (χ0n) is 7.41. The first kappa shape index (κ1) is 9.92. The van der Waals surface area contributed by atoms with E-state index in [2.05, 4.69) is 12.2 Å². The van der Waals surface area contributed by atoms with Crippen LogP contribution in [-0.4, -0.2) is 18.6 Å². The van der Waals surface area contributed by atoms with Gasteiger partial charge in [-0.25, -0.2) is 0 Å². The van der Waals surface area contributed by atoms with Crippen LogP contribution in [0.4, 0.5) is 0 Å². The van der Waals surface area contributed by atoms with Gasteiger partial charge in [0.05, 0.1) is 0 Å². The maximum atomic E-state index is 5.84. The molecule has 1 rings (SSSR count). The van der Waals surface area contributed by atoms with Gasteiger partial charge in [0.25, 0.3) is 0 Å². The summed E-state index contributed by atoms with van der Waals surface area (Å²) in [5.74, 6) is 0. The summed E-state index contributed by atoms with van der Waals surface area (Å²) in [5, 5.41) is 3.26. The molecule has 0 radical (unpaired) electrons. The normalized spacial score (nSPS) is 22.8. The van der Waals surface area contributed by atoms with Crippen molar-refractivity contribution in [2.45, 2.75) is 39.2 Å². The van der Waals surface area contributed by atoms with Gasteiger partial charge in [0.1, 0.15) is 0 Å². The molecule has 1 aliphatic rings. The van der Waals surface area contributed by atoms with Gasteiger partial charge < -0.3 is 11.1 Å². The van der Waals surface area contributed by atoms with E-state index >= 15 is 0 Å². The minimum atomic E-state index is 0.116. The van der Waals surface area contributed by atoms with E-state index < -0.39 is 0 Å². The van der Waals surface area contributed by atoms with Crippen molar-refractivity contribution in [1.82, 2.24) is 5.32 Å². The van der Waals surface area contributed by atoms with Crippen molar-refractivity contribution in [2.75, 3.05) is 13.1 Å². The van der Waals surface area contributed by atoms with Gasteiger partial charge in [0.15, 0.2) is 0 Å². The second kappa shape index (κ2) is 4.69. The summed E-state index contributed by atoms with van der Waals surface area (Å²) in [6, 6.07) is 0. The molecule has 0 aliphatic carbocycles. The molecule has 2 nitrogen and oxygen atoms in total. The Morgan fingerprint density at radius 2 is 1.60 bits per heavy atom. The van der Waals surface area contributed by atoms with E-state index in [1.54, 1.807) is 0 Å². The zero-order chi connectivity index (χ0) is 8.04. The Bertz CT molecular complexity index is 71.3. The fourth-order valence-corrected chi connectivity index (χ4v) is 0.998. The second-order valence-corrected chi connectivity index (χ2v) is 2.90. The summed E-state index contributed by atoms with van der Waals surface area (Å²) in [4.78, 5) is 0. The molecule has 0 saturated carbocycles. The first-order chi connectivity index (χ1) is 4.71. The van der Waals surface area contributed by atoms with Crippen molar-refractivity contribution in [3.05, 3.63) is 0 Å². The molecule has 0 aromatic rings. The van der Waals surface area contributed by atoms with E-state index in [-0.39, 0.29) is 5.54 Å². The van der Waals surface area contributed by atoms with Crippen molar-refractivity contribution >= 4 is 0 Å². The lowest BCUT2D eigenvalue weighted by Crippen LogP contribution is -2.46. The van der Waals surface area contributed by atoms with Crippen LogP contribution in [0.3, 0.4) is 0 Å². The number of nitrogens with one attached hydrogen (secondary N) is 1. The van der Waals surface area contributed by atoms with Crippen LogP contribution in [0.25, 0.3) is 0 Å². The van der Waals surface area contributed by atoms with Crippen LogP contribution < -0.4 is 11.1 Å². The molecule has 0 aromatic heterocycles. The Labute approximate surface area is 64.2 Å². The molecule has 0 unspecified atom stereocenters. The molecular formula is C8H20N2. The third-order valence-corrected chi connectivity index (χ3v) is 1.75. The van der Waals surface area contributed by atoms with Gasteiger partial charge >= 0.3 is 0 Å². The summed E-state index contributed by atoms with van der Waals surface area (Å²) in [7, 11) is 0. The Kier molecular flexibility index (Phi) is 4.65. The molecule has 10 heavy (non-hydrogen) atoms. The lowest BCUT2D eigenvalue weighted by molar-refractivity contribution is 0.337. The number of hydrogen-bond acceptors (Lipinski definition) is 2. The first-order valence-electron chi connectivity index (χ1n) is 4.20. The summed E-state index contributed by atoms with van der Waals surface area (Å²) in [6.07, 6.45) is 2.24. The maximum absolute atomic E-state index is 5.84. The van der Waals surface area contributed by atoms with Crippen molar-refractivity contribution < 1.29 is 0 Å². The minimum absolute atomic E-state index is 0.116. The Morgan fingerprint density at radius 3 is 1.80 bits per heavy atom. The van der Waals surface area contributed by atoms with Crippen molar-refractivity contribution in [3.63, 3.8) is 0 Å². The van der Waals surface area contributed by atoms with Crippen LogP contribution in [-0.2, 0) is 0 Å². The fraction of sp³-hybridized carbons (Fsp3) is 1.00. The molecule has 1 aliphatic heterocycles. The van der Waals surface area contributed by atoms with Gasteiger partial charge in [-0.2, -0.15) is 0 Å². The van der Waals surface area contributed by atoms with Gasteiger partial charge in [0, 0.05) is 5.54 Å². The summed E-state index contributed by atoms with van der Waals surface area (Å²) in [6.45, 7) is 8.30. The predicted octanol–water partition coefficient (Wildman–Crippen LogP) is 1.11. The van der Waals surface area contributed by atoms with Gasteiger partial charge in [-0.1, -0.05) is 13.8 Å². The molecule has 3 N–H and O–H groups in total. The molecule has 0 amide bonds. The smallest absolute Gasteiger partial charge is 0.0150 e. The van der Waals surface area contributed by atoms with Crippen molar-refractivity contribution in [3.8, 4) is 0 Å². The van der Waals surface area contributed by atoms with Crippen LogP contribution in [0.1, 0.15) is 33.6 Å². The monoisotopic (exact) mass is 144 g/mol. The highest BCUT2D eigenvalue weighted by atomic mass is 14.9. The molecule has 62 valence electrons. The van der Waals surface area contributed by atoms with Crippen molar-refractivity contribution in [1.29, 1.82) is 0 Å². The topological polar surface area (TPSA) is 38.0 Å². The SMILES string of the molecule is CC.CC1(N)CCNCC1. The lowest BCUT2D eigenvalue weighted by atomic mass is 9.92. The number of piperidine rings is 1. The van der Waals surface area contributed by atoms with Crippen LogP contribution in [0.5, 0.6) is 0 Å². The largest absolute Gasteiger partial charge is 0.325 e. The summed E-state index contributed by atoms with van der Waals surface area (Å²) < 4.78 is 0. The highest BCUT2D eigenvalue weighted by Crippen LogP contribution is 2.11. The molecule has 0 atom stereocenters. The first-order valence-corrected chi connectivity index (χ1v) is 4.20. The predicted molar refractivity (Wildman–Crippen MR) is 46.0 cm³/mol. The van der Waals surface area contributed by atoms with E-state index in [4.69, 9.17) is 5.73 Å². The Morgan fingerprint density at radius 1 is 1.20 bits per heavy atom. The van der Waals surface area contributed by atoms with E-state index in [1.165, 1.54) is 0 Å². The molecule has 0 spiro atoms. The molecule has 0 aromatic carbocycles. The van der Waals surface area contributed by atoms with Crippen LogP contribution in [0, 0.1) is 0 Å². The average Bonchev–Trinajstić information content (AvgIpc) is 1.92. The van der Waals surface area contributed by atoms with Crippen LogP contribution >= 0.6 is 0 Å². The van der Waals surface area contributed by atoms with Gasteiger partial charge in [-0.05, 0) is 32.9 Å². The summed E-state index contributed by atoms with van der Waals surface area (Å²) >= 11 is 0. The van der Waals surface area contributed by atoms with Gasteiger partial charge in [-0.15, -0.1) is 0 Å². The second-order valence-electron chi connectivity index (χ2n) is 2.90. The Balaban J connectivity index is 0.000000371. The van der Waals surface area contributed by atoms with E-state index in [9.17, 15) is 0 Å².